The molecule has 1 rings (SSSR count). The van der Waals surface area contributed by atoms with Gasteiger partial charge in [0.25, 0.3) is 0 Å². The Morgan fingerprint density at radius 2 is 2.28 bits per heavy atom. The van der Waals surface area contributed by atoms with Crippen molar-refractivity contribution in [1.29, 1.82) is 0 Å². The van der Waals surface area contributed by atoms with E-state index in [-0.39, 0.29) is 5.82 Å². The SMILES string of the molecule is CNC(C)(CCCOc1cccc(F)c1)C(N)=O. The van der Waals surface area contributed by atoms with Crippen LogP contribution in [0.25, 0.3) is 0 Å². The van der Waals surface area contributed by atoms with Gasteiger partial charge in [-0.15, -0.1) is 0 Å². The number of benzene rings is 1. The molecule has 1 aromatic carbocycles. The number of hydrogen-bond donors (Lipinski definition) is 2. The second kappa shape index (κ2) is 6.35. The molecule has 4 nitrogen and oxygen atoms in total. The number of hydrogen-bond acceptors (Lipinski definition) is 3. The van der Waals surface area contributed by atoms with Crippen molar-refractivity contribution in [1.82, 2.24) is 5.32 Å². The summed E-state index contributed by atoms with van der Waals surface area (Å²) in [6.07, 6.45) is 1.21. The summed E-state index contributed by atoms with van der Waals surface area (Å²) in [6.45, 7) is 2.16. The Morgan fingerprint density at radius 1 is 1.56 bits per heavy atom. The van der Waals surface area contributed by atoms with Crippen molar-refractivity contribution in [2.24, 2.45) is 5.73 Å². The molecule has 0 saturated heterocycles. The van der Waals surface area contributed by atoms with Gasteiger partial charge in [-0.3, -0.25) is 4.79 Å². The molecule has 100 valence electrons. The van der Waals surface area contributed by atoms with Gasteiger partial charge in [-0.1, -0.05) is 6.07 Å². The Kier molecular flexibility index (Phi) is 5.09. The summed E-state index contributed by atoms with van der Waals surface area (Å²) in [5.74, 6) is -0.235. The van der Waals surface area contributed by atoms with Crippen LogP contribution in [0.2, 0.25) is 0 Å². The van der Waals surface area contributed by atoms with E-state index >= 15 is 0 Å². The molecule has 0 saturated carbocycles. The Bertz CT molecular complexity index is 412. The number of rotatable bonds is 7. The molecule has 0 radical (unpaired) electrons. The van der Waals surface area contributed by atoms with Gasteiger partial charge in [0.05, 0.1) is 12.1 Å². The highest BCUT2D eigenvalue weighted by Crippen LogP contribution is 2.15. The number of carbonyl (C=O) groups is 1. The van der Waals surface area contributed by atoms with Crippen molar-refractivity contribution in [3.63, 3.8) is 0 Å². The fraction of sp³-hybridized carbons (Fsp3) is 0.462. The first-order valence-electron chi connectivity index (χ1n) is 5.85. The lowest BCUT2D eigenvalue weighted by Gasteiger charge is -2.25. The van der Waals surface area contributed by atoms with Crippen molar-refractivity contribution in [2.75, 3.05) is 13.7 Å². The summed E-state index contributed by atoms with van der Waals surface area (Å²) < 4.78 is 18.3. The van der Waals surface area contributed by atoms with Crippen LogP contribution in [0.1, 0.15) is 19.8 Å². The molecule has 18 heavy (non-hydrogen) atoms. The van der Waals surface area contributed by atoms with Gasteiger partial charge in [-0.05, 0) is 38.9 Å². The van der Waals surface area contributed by atoms with Crippen LogP contribution < -0.4 is 15.8 Å². The van der Waals surface area contributed by atoms with Crippen LogP contribution in [0.15, 0.2) is 24.3 Å². The van der Waals surface area contributed by atoms with E-state index < -0.39 is 11.4 Å². The molecule has 0 aliphatic rings. The predicted octanol–water partition coefficient (Wildman–Crippen LogP) is 1.45. The van der Waals surface area contributed by atoms with Crippen molar-refractivity contribution >= 4 is 5.91 Å². The van der Waals surface area contributed by atoms with Crippen LogP contribution >= 0.6 is 0 Å². The number of carbonyl (C=O) groups excluding carboxylic acids is 1. The van der Waals surface area contributed by atoms with Crippen molar-refractivity contribution in [2.45, 2.75) is 25.3 Å². The highest BCUT2D eigenvalue weighted by Gasteiger charge is 2.27. The molecule has 0 bridgehead atoms. The zero-order chi connectivity index (χ0) is 13.6. The smallest absolute Gasteiger partial charge is 0.237 e. The fourth-order valence-corrected chi connectivity index (χ4v) is 1.54. The molecule has 1 aromatic rings. The average molecular weight is 254 g/mol. The van der Waals surface area contributed by atoms with E-state index in [1.165, 1.54) is 12.1 Å². The summed E-state index contributed by atoms with van der Waals surface area (Å²) in [7, 11) is 1.69. The molecule has 3 N–H and O–H groups in total. The molecule has 0 aliphatic carbocycles. The Labute approximate surface area is 106 Å². The number of amides is 1. The third kappa shape index (κ3) is 4.00. The third-order valence-electron chi connectivity index (χ3n) is 2.98. The van der Waals surface area contributed by atoms with E-state index in [1.54, 1.807) is 26.1 Å². The maximum absolute atomic E-state index is 12.9. The van der Waals surface area contributed by atoms with Gasteiger partial charge in [0.1, 0.15) is 11.6 Å². The Morgan fingerprint density at radius 3 is 2.83 bits per heavy atom. The average Bonchev–Trinajstić information content (AvgIpc) is 2.34. The van der Waals surface area contributed by atoms with Crippen LogP contribution in [-0.2, 0) is 4.79 Å². The molecule has 1 amide bonds. The first kappa shape index (κ1) is 14.4. The first-order valence-corrected chi connectivity index (χ1v) is 5.85. The topological polar surface area (TPSA) is 64.3 Å². The van der Waals surface area contributed by atoms with Crippen molar-refractivity contribution < 1.29 is 13.9 Å². The summed E-state index contributed by atoms with van der Waals surface area (Å²) in [6, 6.07) is 5.96. The highest BCUT2D eigenvalue weighted by molar-refractivity contribution is 5.84. The standard InChI is InChI=1S/C13H19FN2O2/c1-13(16-2,12(15)17)7-4-8-18-11-6-3-5-10(14)9-11/h3,5-6,9,16H,4,7-8H2,1-2H3,(H2,15,17). The van der Waals surface area contributed by atoms with Gasteiger partial charge in [-0.25, -0.2) is 4.39 Å². The number of halogens is 1. The first-order chi connectivity index (χ1) is 8.48. The van der Waals surface area contributed by atoms with E-state index in [2.05, 4.69) is 5.32 Å². The Hall–Kier alpha value is -1.62. The lowest BCUT2D eigenvalue weighted by Crippen LogP contribution is -2.51. The largest absolute Gasteiger partial charge is 0.493 e. The van der Waals surface area contributed by atoms with Crippen molar-refractivity contribution in [3.8, 4) is 5.75 Å². The summed E-state index contributed by atoms with van der Waals surface area (Å²) in [5, 5.41) is 2.90. The normalized spacial score (nSPS) is 13.9. The minimum absolute atomic E-state index is 0.329. The number of primary amides is 1. The van der Waals surface area contributed by atoms with Crippen LogP contribution in [0.5, 0.6) is 5.75 Å². The maximum atomic E-state index is 12.9. The highest BCUT2D eigenvalue weighted by atomic mass is 19.1. The van der Waals surface area contributed by atoms with Crippen molar-refractivity contribution in [3.05, 3.63) is 30.1 Å². The molecular formula is C13H19FN2O2. The fourth-order valence-electron chi connectivity index (χ4n) is 1.54. The molecule has 0 heterocycles. The molecule has 0 aromatic heterocycles. The molecule has 5 heteroatoms. The molecule has 1 unspecified atom stereocenters. The number of nitrogens with two attached hydrogens (primary N) is 1. The van der Waals surface area contributed by atoms with Crippen LogP contribution in [0.4, 0.5) is 4.39 Å². The lowest BCUT2D eigenvalue weighted by atomic mass is 9.95. The second-order valence-corrected chi connectivity index (χ2v) is 4.36. The minimum Gasteiger partial charge on any atom is -0.493 e. The van der Waals surface area contributed by atoms with Gasteiger partial charge >= 0.3 is 0 Å². The van der Waals surface area contributed by atoms with E-state index in [0.717, 1.165) is 0 Å². The molecule has 0 fully saturated rings. The van der Waals surface area contributed by atoms with Crippen LogP contribution in [0, 0.1) is 5.82 Å². The Balaban J connectivity index is 2.37. The number of ether oxygens (including phenoxy) is 1. The predicted molar refractivity (Wildman–Crippen MR) is 67.8 cm³/mol. The van der Waals surface area contributed by atoms with Crippen LogP contribution in [-0.4, -0.2) is 25.1 Å². The quantitative estimate of drug-likeness (QED) is 0.724. The summed E-state index contributed by atoms with van der Waals surface area (Å²) >= 11 is 0. The minimum atomic E-state index is -0.731. The van der Waals surface area contributed by atoms with Gasteiger partial charge in [0.2, 0.25) is 5.91 Å². The van der Waals surface area contributed by atoms with Crippen LogP contribution in [0.3, 0.4) is 0 Å². The number of likely N-dealkylation sites (N-methyl/N-ethyl adjacent to an activating group) is 1. The molecule has 1 atom stereocenters. The summed E-state index contributed by atoms with van der Waals surface area (Å²) in [4.78, 5) is 11.2. The van der Waals surface area contributed by atoms with E-state index in [9.17, 15) is 9.18 Å². The zero-order valence-corrected chi connectivity index (χ0v) is 10.7. The molecule has 0 aliphatic heterocycles. The molecule has 0 spiro atoms. The number of nitrogens with one attached hydrogen (secondary N) is 1. The van der Waals surface area contributed by atoms with Gasteiger partial charge in [-0.2, -0.15) is 0 Å². The summed E-state index contributed by atoms with van der Waals surface area (Å²) in [5.41, 5.74) is 4.57. The van der Waals surface area contributed by atoms with E-state index in [0.29, 0.717) is 25.2 Å². The maximum Gasteiger partial charge on any atom is 0.237 e. The van der Waals surface area contributed by atoms with E-state index in [4.69, 9.17) is 10.5 Å². The van der Waals surface area contributed by atoms with E-state index in [1.807, 2.05) is 0 Å². The molecular weight excluding hydrogens is 235 g/mol. The second-order valence-electron chi connectivity index (χ2n) is 4.36. The van der Waals surface area contributed by atoms with Gasteiger partial charge < -0.3 is 15.8 Å². The zero-order valence-electron chi connectivity index (χ0n) is 10.7. The monoisotopic (exact) mass is 254 g/mol. The third-order valence-corrected chi connectivity index (χ3v) is 2.98. The lowest BCUT2D eigenvalue weighted by molar-refractivity contribution is -0.123. The van der Waals surface area contributed by atoms with Gasteiger partial charge in [0, 0.05) is 6.07 Å². The van der Waals surface area contributed by atoms with Gasteiger partial charge in [0.15, 0.2) is 0 Å².